The third-order valence-electron chi connectivity index (χ3n) is 6.30. The Morgan fingerprint density at radius 2 is 1.83 bits per heavy atom. The average molecular weight is 387 g/mol. The van der Waals surface area contributed by atoms with Crippen molar-refractivity contribution in [1.29, 1.82) is 0 Å². The van der Waals surface area contributed by atoms with Crippen molar-refractivity contribution in [2.45, 2.75) is 38.1 Å². The smallest absolute Gasteiger partial charge is 0.261 e. The maximum absolute atomic E-state index is 12.9. The molecule has 0 spiro atoms. The van der Waals surface area contributed by atoms with Gasteiger partial charge in [0.15, 0.2) is 0 Å². The van der Waals surface area contributed by atoms with Crippen molar-refractivity contribution >= 4 is 28.6 Å². The molecule has 3 aromatic rings. The second kappa shape index (κ2) is 6.30. The molecule has 146 valence electrons. The zero-order chi connectivity index (χ0) is 20.3. The summed E-state index contributed by atoms with van der Waals surface area (Å²) in [4.78, 5) is 42.3. The van der Waals surface area contributed by atoms with Crippen LogP contribution in [0.25, 0.3) is 10.9 Å². The van der Waals surface area contributed by atoms with Crippen molar-refractivity contribution < 1.29 is 14.4 Å². The van der Waals surface area contributed by atoms with Gasteiger partial charge in [0.05, 0.1) is 17.0 Å². The standard InChI is InChI=1S/C23H21N3O3/c1-12(21(24)27)13-6-8-19-17(10-13)18-11-14(7-9-20(18)25-19)26-22(28)15-4-2-3-5-16(15)23(26)29/h2-6,8,10,12,14,25H,7,9,11H2,1H3,(H2,24,27). The minimum atomic E-state index is -0.374. The van der Waals surface area contributed by atoms with Gasteiger partial charge in [-0.3, -0.25) is 19.3 Å². The molecular weight excluding hydrogens is 366 g/mol. The molecule has 2 aliphatic rings. The number of carbonyl (C=O) groups is 3. The van der Waals surface area contributed by atoms with Gasteiger partial charge in [-0.2, -0.15) is 0 Å². The fraction of sp³-hybridized carbons (Fsp3) is 0.261. The molecule has 2 atom stereocenters. The number of nitrogens with one attached hydrogen (secondary N) is 1. The highest BCUT2D eigenvalue weighted by Crippen LogP contribution is 2.35. The molecular formula is C23H21N3O3. The fourth-order valence-electron chi connectivity index (χ4n) is 4.61. The van der Waals surface area contributed by atoms with Crippen LogP contribution in [0.1, 0.15) is 56.8 Å². The summed E-state index contributed by atoms with van der Waals surface area (Å²) in [6.07, 6.45) is 2.10. The van der Waals surface area contributed by atoms with E-state index in [1.165, 1.54) is 4.90 Å². The van der Waals surface area contributed by atoms with Crippen LogP contribution < -0.4 is 5.73 Å². The van der Waals surface area contributed by atoms with E-state index in [2.05, 4.69) is 4.98 Å². The lowest BCUT2D eigenvalue weighted by Gasteiger charge is -2.29. The average Bonchev–Trinajstić information content (AvgIpc) is 3.21. The lowest BCUT2D eigenvalue weighted by atomic mass is 9.89. The summed E-state index contributed by atoms with van der Waals surface area (Å²) < 4.78 is 0. The minimum Gasteiger partial charge on any atom is -0.369 e. The van der Waals surface area contributed by atoms with Crippen LogP contribution >= 0.6 is 0 Å². The Bertz CT molecular complexity index is 1160. The maximum atomic E-state index is 12.9. The van der Waals surface area contributed by atoms with Gasteiger partial charge < -0.3 is 10.7 Å². The number of H-pyrrole nitrogens is 1. The molecule has 2 unspecified atom stereocenters. The maximum Gasteiger partial charge on any atom is 0.261 e. The number of aromatic amines is 1. The van der Waals surface area contributed by atoms with Crippen molar-refractivity contribution in [3.05, 3.63) is 70.4 Å². The molecule has 3 N–H and O–H groups in total. The molecule has 1 aliphatic heterocycles. The predicted molar refractivity (Wildman–Crippen MR) is 109 cm³/mol. The van der Waals surface area contributed by atoms with E-state index in [0.29, 0.717) is 17.5 Å². The van der Waals surface area contributed by atoms with E-state index in [4.69, 9.17) is 5.73 Å². The summed E-state index contributed by atoms with van der Waals surface area (Å²) in [5.74, 6) is -1.15. The van der Waals surface area contributed by atoms with E-state index >= 15 is 0 Å². The van der Waals surface area contributed by atoms with Gasteiger partial charge in [-0.15, -0.1) is 0 Å². The van der Waals surface area contributed by atoms with Crippen LogP contribution in [0.4, 0.5) is 0 Å². The van der Waals surface area contributed by atoms with E-state index in [0.717, 1.165) is 40.6 Å². The van der Waals surface area contributed by atoms with Crippen LogP contribution in [0.3, 0.4) is 0 Å². The van der Waals surface area contributed by atoms with Crippen molar-refractivity contribution in [2.75, 3.05) is 0 Å². The molecule has 29 heavy (non-hydrogen) atoms. The molecule has 0 radical (unpaired) electrons. The van der Waals surface area contributed by atoms with Gasteiger partial charge in [0.1, 0.15) is 0 Å². The number of fused-ring (bicyclic) bond motifs is 4. The number of imide groups is 1. The number of carbonyl (C=O) groups excluding carboxylic acids is 3. The third kappa shape index (κ3) is 2.59. The number of aromatic nitrogens is 1. The van der Waals surface area contributed by atoms with E-state index in [9.17, 15) is 14.4 Å². The molecule has 6 heteroatoms. The first-order chi connectivity index (χ1) is 14.0. The number of benzene rings is 2. The van der Waals surface area contributed by atoms with Crippen LogP contribution in [0.15, 0.2) is 42.5 Å². The van der Waals surface area contributed by atoms with Gasteiger partial charge in [0.2, 0.25) is 5.91 Å². The number of nitrogens with zero attached hydrogens (tertiary/aromatic N) is 1. The molecule has 2 heterocycles. The Morgan fingerprint density at radius 1 is 1.14 bits per heavy atom. The highest BCUT2D eigenvalue weighted by Gasteiger charge is 2.41. The van der Waals surface area contributed by atoms with Gasteiger partial charge in [-0.25, -0.2) is 0 Å². The summed E-state index contributed by atoms with van der Waals surface area (Å²) in [6.45, 7) is 1.80. The third-order valence-corrected chi connectivity index (χ3v) is 6.30. The number of hydrogen-bond donors (Lipinski definition) is 2. The van der Waals surface area contributed by atoms with Gasteiger partial charge >= 0.3 is 0 Å². The zero-order valence-electron chi connectivity index (χ0n) is 16.1. The molecule has 0 saturated carbocycles. The van der Waals surface area contributed by atoms with Crippen LogP contribution in [-0.4, -0.2) is 33.6 Å². The number of rotatable bonds is 3. The molecule has 0 bridgehead atoms. The first kappa shape index (κ1) is 17.7. The van der Waals surface area contributed by atoms with Crippen molar-refractivity contribution in [3.63, 3.8) is 0 Å². The van der Waals surface area contributed by atoms with Crippen LogP contribution in [0, 0.1) is 0 Å². The van der Waals surface area contributed by atoms with E-state index in [1.807, 2.05) is 18.2 Å². The van der Waals surface area contributed by atoms with Gasteiger partial charge in [-0.05, 0) is 61.6 Å². The highest BCUT2D eigenvalue weighted by atomic mass is 16.2. The van der Waals surface area contributed by atoms with E-state index < -0.39 is 0 Å². The monoisotopic (exact) mass is 387 g/mol. The first-order valence-electron chi connectivity index (χ1n) is 9.85. The Hall–Kier alpha value is -3.41. The van der Waals surface area contributed by atoms with Gasteiger partial charge in [0, 0.05) is 22.6 Å². The molecule has 2 aromatic carbocycles. The number of hydrogen-bond acceptors (Lipinski definition) is 3. The normalized spacial score (nSPS) is 19.3. The predicted octanol–water partition coefficient (Wildman–Crippen LogP) is 2.91. The first-order valence-corrected chi connectivity index (χ1v) is 9.85. The van der Waals surface area contributed by atoms with Crippen LogP contribution in [0.5, 0.6) is 0 Å². The zero-order valence-corrected chi connectivity index (χ0v) is 16.1. The molecule has 6 nitrogen and oxygen atoms in total. The quantitative estimate of drug-likeness (QED) is 0.676. The largest absolute Gasteiger partial charge is 0.369 e. The summed E-state index contributed by atoms with van der Waals surface area (Å²) >= 11 is 0. The Kier molecular flexibility index (Phi) is 3.84. The minimum absolute atomic E-state index is 0.175. The second-order valence-electron chi connectivity index (χ2n) is 7.93. The Labute approximate surface area is 167 Å². The fourth-order valence-corrected chi connectivity index (χ4v) is 4.61. The Balaban J connectivity index is 1.51. The topological polar surface area (TPSA) is 96.3 Å². The molecule has 1 aromatic heterocycles. The molecule has 3 amide bonds. The number of nitrogens with two attached hydrogens (primary N) is 1. The van der Waals surface area contributed by atoms with Crippen molar-refractivity contribution in [1.82, 2.24) is 9.88 Å². The summed E-state index contributed by atoms with van der Waals surface area (Å²) in [7, 11) is 0. The van der Waals surface area contributed by atoms with Gasteiger partial charge in [0.25, 0.3) is 11.8 Å². The lowest BCUT2D eigenvalue weighted by molar-refractivity contribution is -0.119. The number of primary amides is 1. The van der Waals surface area contributed by atoms with Crippen molar-refractivity contribution in [2.24, 2.45) is 5.73 Å². The molecule has 5 rings (SSSR count). The van der Waals surface area contributed by atoms with Crippen LogP contribution in [-0.2, 0) is 17.6 Å². The van der Waals surface area contributed by atoms with Gasteiger partial charge in [-0.1, -0.05) is 18.2 Å². The number of amides is 3. The summed E-state index contributed by atoms with van der Waals surface area (Å²) in [5, 5.41) is 1.03. The SMILES string of the molecule is CC(C(N)=O)c1ccc2[nH]c3c(c2c1)CC(N1C(=O)c2ccccc2C1=O)CC3. The molecule has 1 aliphatic carbocycles. The summed E-state index contributed by atoms with van der Waals surface area (Å²) in [5.41, 5.74) is 10.6. The number of aryl methyl sites for hydroxylation is 1. The van der Waals surface area contributed by atoms with E-state index in [1.54, 1.807) is 31.2 Å². The molecule has 0 saturated heterocycles. The second-order valence-corrected chi connectivity index (χ2v) is 7.93. The molecule has 0 fully saturated rings. The lowest BCUT2D eigenvalue weighted by Crippen LogP contribution is -2.43. The van der Waals surface area contributed by atoms with Crippen molar-refractivity contribution in [3.8, 4) is 0 Å². The van der Waals surface area contributed by atoms with E-state index in [-0.39, 0.29) is 29.7 Å². The van der Waals surface area contributed by atoms with Crippen LogP contribution in [0.2, 0.25) is 0 Å². The highest BCUT2D eigenvalue weighted by molar-refractivity contribution is 6.21. The Morgan fingerprint density at radius 3 is 2.48 bits per heavy atom. The summed E-state index contributed by atoms with van der Waals surface area (Å²) in [6, 6.07) is 12.7.